The van der Waals surface area contributed by atoms with Gasteiger partial charge in [-0.25, -0.2) is 5.43 Å². The molecule has 0 aliphatic carbocycles. The van der Waals surface area contributed by atoms with E-state index in [1.807, 2.05) is 31.2 Å². The molecule has 0 radical (unpaired) electrons. The third kappa shape index (κ3) is 9.80. The van der Waals surface area contributed by atoms with Gasteiger partial charge in [0.05, 0.1) is 5.69 Å². The summed E-state index contributed by atoms with van der Waals surface area (Å²) >= 11 is 0. The van der Waals surface area contributed by atoms with E-state index in [0.717, 1.165) is 28.5 Å². The SMILES string of the molecule is C/C=C/CC.C=Cc1cc2cc([C@@H](C)OC(=O)C3CCCN(C(=O)C(C)NC(=O)C(NC=O)C(C)C)N3)ccc2cn1. The lowest BCUT2D eigenvalue weighted by atomic mass is 10.0. The number of hydrogen-bond donors (Lipinski definition) is 3. The van der Waals surface area contributed by atoms with Crippen molar-refractivity contribution in [2.24, 2.45) is 5.92 Å². The maximum Gasteiger partial charge on any atom is 0.325 e. The molecule has 2 aromatic rings. The lowest BCUT2D eigenvalue weighted by Gasteiger charge is -2.35. The molecular formula is C32H45N5O5. The number of nitrogens with one attached hydrogen (secondary N) is 3. The first-order valence-electron chi connectivity index (χ1n) is 14.5. The Balaban J connectivity index is 0.00000113. The van der Waals surface area contributed by atoms with E-state index in [-0.39, 0.29) is 11.8 Å². The molecule has 1 aromatic carbocycles. The van der Waals surface area contributed by atoms with Gasteiger partial charge in [0.15, 0.2) is 0 Å². The zero-order valence-electron chi connectivity index (χ0n) is 25.6. The third-order valence-electron chi connectivity index (χ3n) is 6.87. The van der Waals surface area contributed by atoms with E-state index in [2.05, 4.69) is 46.7 Å². The van der Waals surface area contributed by atoms with Gasteiger partial charge in [0.2, 0.25) is 12.3 Å². The number of pyridine rings is 1. The summed E-state index contributed by atoms with van der Waals surface area (Å²) in [5, 5.41) is 8.41. The molecule has 0 bridgehead atoms. The second kappa shape index (κ2) is 17.0. The van der Waals surface area contributed by atoms with Crippen molar-refractivity contribution >= 4 is 41.0 Å². The van der Waals surface area contributed by atoms with Gasteiger partial charge in [-0.05, 0) is 75.1 Å². The van der Waals surface area contributed by atoms with Crippen LogP contribution in [0.2, 0.25) is 0 Å². The van der Waals surface area contributed by atoms with Crippen molar-refractivity contribution in [3.63, 3.8) is 0 Å². The molecule has 3 N–H and O–H groups in total. The predicted molar refractivity (Wildman–Crippen MR) is 165 cm³/mol. The van der Waals surface area contributed by atoms with E-state index in [1.54, 1.807) is 40.0 Å². The van der Waals surface area contributed by atoms with Crippen LogP contribution in [-0.4, -0.2) is 58.9 Å². The number of carbonyl (C=O) groups excluding carboxylic acids is 4. The maximum atomic E-state index is 13.0. The van der Waals surface area contributed by atoms with Gasteiger partial charge in [0.1, 0.15) is 24.2 Å². The Labute approximate surface area is 248 Å². The largest absolute Gasteiger partial charge is 0.457 e. The van der Waals surface area contributed by atoms with E-state index in [4.69, 9.17) is 4.74 Å². The van der Waals surface area contributed by atoms with Crippen molar-refractivity contribution in [1.29, 1.82) is 0 Å². The molecule has 2 heterocycles. The fourth-order valence-corrected chi connectivity index (χ4v) is 4.46. The zero-order valence-corrected chi connectivity index (χ0v) is 25.6. The number of rotatable bonds is 11. The minimum atomic E-state index is -0.851. The number of nitrogens with zero attached hydrogens (tertiary/aromatic N) is 2. The first-order chi connectivity index (χ1) is 20.1. The van der Waals surface area contributed by atoms with Gasteiger partial charge in [0.25, 0.3) is 5.91 Å². The first kappa shape index (κ1) is 34.2. The lowest BCUT2D eigenvalue weighted by molar-refractivity contribution is -0.157. The van der Waals surface area contributed by atoms with Crippen molar-refractivity contribution in [3.05, 3.63) is 60.5 Å². The maximum absolute atomic E-state index is 13.0. The number of allylic oxidation sites excluding steroid dienone is 2. The van der Waals surface area contributed by atoms with E-state index >= 15 is 0 Å². The smallest absolute Gasteiger partial charge is 0.325 e. The van der Waals surface area contributed by atoms with Crippen LogP contribution < -0.4 is 16.1 Å². The molecular weight excluding hydrogens is 534 g/mol. The first-order valence-corrected chi connectivity index (χ1v) is 14.5. The number of benzene rings is 1. The predicted octanol–water partition coefficient (Wildman–Crippen LogP) is 4.23. The summed E-state index contributed by atoms with van der Waals surface area (Å²) in [6.45, 7) is 15.3. The van der Waals surface area contributed by atoms with Crippen LogP contribution in [-0.2, 0) is 23.9 Å². The molecule has 42 heavy (non-hydrogen) atoms. The van der Waals surface area contributed by atoms with Crippen molar-refractivity contribution < 1.29 is 23.9 Å². The fraction of sp³-hybridized carbons (Fsp3) is 0.469. The Morgan fingerprint density at radius 2 is 1.93 bits per heavy atom. The number of fused-ring (bicyclic) bond motifs is 1. The van der Waals surface area contributed by atoms with Gasteiger partial charge in [-0.3, -0.25) is 29.2 Å². The normalized spacial score (nSPS) is 17.0. The highest BCUT2D eigenvalue weighted by Crippen LogP contribution is 2.24. The number of ether oxygens (including phenoxy) is 1. The summed E-state index contributed by atoms with van der Waals surface area (Å²) in [5.74, 6) is -1.44. The number of carbonyl (C=O) groups is 4. The number of hydrazine groups is 1. The molecule has 10 nitrogen and oxygen atoms in total. The molecule has 1 saturated heterocycles. The van der Waals surface area contributed by atoms with Gasteiger partial charge < -0.3 is 15.4 Å². The van der Waals surface area contributed by atoms with Crippen LogP contribution in [0.5, 0.6) is 0 Å². The summed E-state index contributed by atoms with van der Waals surface area (Å²) in [6, 6.07) is 5.41. The summed E-state index contributed by atoms with van der Waals surface area (Å²) in [7, 11) is 0. The van der Waals surface area contributed by atoms with Crippen molar-refractivity contribution in [3.8, 4) is 0 Å². The summed E-state index contributed by atoms with van der Waals surface area (Å²) < 4.78 is 5.73. The fourth-order valence-electron chi connectivity index (χ4n) is 4.46. The third-order valence-corrected chi connectivity index (χ3v) is 6.87. The zero-order chi connectivity index (χ0) is 31.2. The second-order valence-corrected chi connectivity index (χ2v) is 10.5. The summed E-state index contributed by atoms with van der Waals surface area (Å²) in [5.41, 5.74) is 4.55. The molecule has 0 spiro atoms. The molecule has 0 saturated carbocycles. The average Bonchev–Trinajstić information content (AvgIpc) is 2.99. The number of aromatic nitrogens is 1. The van der Waals surface area contributed by atoms with E-state index in [9.17, 15) is 19.2 Å². The highest BCUT2D eigenvalue weighted by molar-refractivity contribution is 5.90. The molecule has 10 heteroatoms. The van der Waals surface area contributed by atoms with Crippen molar-refractivity contribution in [1.82, 2.24) is 26.1 Å². The Hall–Kier alpha value is -4.05. The Morgan fingerprint density at radius 3 is 2.52 bits per heavy atom. The quantitative estimate of drug-likeness (QED) is 0.206. The summed E-state index contributed by atoms with van der Waals surface area (Å²) in [6.07, 6.45) is 9.87. The van der Waals surface area contributed by atoms with Gasteiger partial charge in [-0.15, -0.1) is 0 Å². The van der Waals surface area contributed by atoms with Crippen LogP contribution in [0.4, 0.5) is 0 Å². The van der Waals surface area contributed by atoms with E-state index < -0.39 is 36.1 Å². The highest BCUT2D eigenvalue weighted by Gasteiger charge is 2.33. The molecule has 4 atom stereocenters. The minimum absolute atomic E-state index is 0.148. The van der Waals surface area contributed by atoms with Gasteiger partial charge >= 0.3 is 5.97 Å². The Kier molecular flexibility index (Phi) is 13.9. The molecule has 1 aliphatic rings. The summed E-state index contributed by atoms with van der Waals surface area (Å²) in [4.78, 5) is 53.5. The topological polar surface area (TPSA) is 130 Å². The molecule has 1 aliphatic heterocycles. The Morgan fingerprint density at radius 1 is 1.19 bits per heavy atom. The molecule has 3 unspecified atom stereocenters. The van der Waals surface area contributed by atoms with E-state index in [0.29, 0.717) is 25.8 Å². The van der Waals surface area contributed by atoms with Gasteiger partial charge in [-0.2, -0.15) is 0 Å². The second-order valence-electron chi connectivity index (χ2n) is 10.5. The minimum Gasteiger partial charge on any atom is -0.457 e. The van der Waals surface area contributed by atoms with Crippen LogP contribution in [0.25, 0.3) is 16.8 Å². The highest BCUT2D eigenvalue weighted by atomic mass is 16.5. The van der Waals surface area contributed by atoms with Gasteiger partial charge in [0, 0.05) is 18.1 Å². The van der Waals surface area contributed by atoms with Crippen LogP contribution >= 0.6 is 0 Å². The molecule has 3 rings (SSSR count). The monoisotopic (exact) mass is 579 g/mol. The number of hydrogen-bond acceptors (Lipinski definition) is 7. The average molecular weight is 580 g/mol. The van der Waals surface area contributed by atoms with Crippen LogP contribution in [0.3, 0.4) is 0 Å². The number of esters is 1. The van der Waals surface area contributed by atoms with Crippen LogP contribution in [0, 0.1) is 5.92 Å². The van der Waals surface area contributed by atoms with Crippen molar-refractivity contribution in [2.75, 3.05) is 6.54 Å². The van der Waals surface area contributed by atoms with Gasteiger partial charge in [-0.1, -0.05) is 51.6 Å². The van der Waals surface area contributed by atoms with Crippen LogP contribution in [0.1, 0.15) is 78.2 Å². The molecule has 228 valence electrons. The molecule has 1 aromatic heterocycles. The molecule has 1 fully saturated rings. The van der Waals surface area contributed by atoms with Crippen molar-refractivity contribution in [2.45, 2.75) is 85.0 Å². The number of amides is 3. The standard InChI is InChI=1S/C27H35N5O5.C5H10/c1-6-22-13-21-12-19(9-10-20(21)14-28-22)18(5)37-27(36)23-8-7-11-32(31-23)26(35)17(4)30-25(34)24(16(2)3)29-15-33;1-3-5-4-2/h6,9-10,12-18,23-24,31H,1,7-8,11H2,2-5H3,(H,29,33)(H,30,34);3,5H,4H2,1-2H3/b;5-3+/t17?,18-,23?,24?;/m1./s1. The lowest BCUT2D eigenvalue weighted by Crippen LogP contribution is -2.60. The Bertz CT molecular complexity index is 1260. The molecule has 3 amide bonds. The van der Waals surface area contributed by atoms with Crippen LogP contribution in [0.15, 0.2) is 49.2 Å². The van der Waals surface area contributed by atoms with E-state index in [1.165, 1.54) is 5.01 Å².